The second-order valence-electron chi connectivity index (χ2n) is 3.79. The molecule has 0 fully saturated rings. The second kappa shape index (κ2) is 4.22. The molecule has 0 aliphatic carbocycles. The molecular formula is C12H12ClN2O2+. The fourth-order valence-corrected chi connectivity index (χ4v) is 1.98. The fraction of sp³-hybridized carbons (Fsp3) is 0.167. The number of aryl methyl sites for hydroxylation is 1. The van der Waals surface area contributed by atoms with Gasteiger partial charge in [-0.1, -0.05) is 16.3 Å². The maximum Gasteiger partial charge on any atom is 0.403 e. The number of carbonyl (C=O) groups is 1. The lowest BCUT2D eigenvalue weighted by Gasteiger charge is -2.02. The minimum absolute atomic E-state index is 0.248. The van der Waals surface area contributed by atoms with Crippen molar-refractivity contribution in [2.45, 2.75) is 6.92 Å². The van der Waals surface area contributed by atoms with Crippen molar-refractivity contribution in [2.24, 2.45) is 7.05 Å². The van der Waals surface area contributed by atoms with Gasteiger partial charge in [-0.25, -0.2) is 4.79 Å². The topological polar surface area (TPSA) is 46.1 Å². The lowest BCUT2D eigenvalue weighted by molar-refractivity contribution is -0.746. The Kier molecular flexibility index (Phi) is 2.90. The summed E-state index contributed by atoms with van der Waals surface area (Å²) in [5, 5.41) is 9.69. The third-order valence-electron chi connectivity index (χ3n) is 2.62. The number of rotatable bonds is 2. The van der Waals surface area contributed by atoms with Crippen molar-refractivity contribution < 1.29 is 14.6 Å². The van der Waals surface area contributed by atoms with E-state index in [2.05, 4.69) is 0 Å². The van der Waals surface area contributed by atoms with Crippen LogP contribution >= 0.6 is 11.6 Å². The third-order valence-corrected chi connectivity index (χ3v) is 2.87. The first kappa shape index (κ1) is 11.7. The van der Waals surface area contributed by atoms with Crippen LogP contribution in [0.3, 0.4) is 0 Å². The molecule has 88 valence electrons. The Morgan fingerprint density at radius 2 is 1.94 bits per heavy atom. The number of aromatic nitrogens is 2. The van der Waals surface area contributed by atoms with E-state index in [9.17, 15) is 4.79 Å². The van der Waals surface area contributed by atoms with Crippen molar-refractivity contribution in [3.8, 4) is 5.69 Å². The van der Waals surface area contributed by atoms with E-state index in [1.807, 2.05) is 23.7 Å². The van der Waals surface area contributed by atoms with Gasteiger partial charge in [0.2, 0.25) is 0 Å². The van der Waals surface area contributed by atoms with Gasteiger partial charge in [0, 0.05) is 11.1 Å². The molecular weight excluding hydrogens is 240 g/mol. The van der Waals surface area contributed by atoms with Gasteiger partial charge in [0.1, 0.15) is 5.69 Å². The van der Waals surface area contributed by atoms with Crippen LogP contribution in [0.1, 0.15) is 16.2 Å². The molecule has 2 aromatic rings. The van der Waals surface area contributed by atoms with E-state index in [0.29, 0.717) is 5.02 Å². The summed E-state index contributed by atoms with van der Waals surface area (Å²) in [7, 11) is 1.71. The molecule has 0 unspecified atom stereocenters. The fourth-order valence-electron chi connectivity index (χ4n) is 1.86. The molecule has 0 aliphatic heterocycles. The lowest BCUT2D eigenvalue weighted by atomic mass is 10.3. The largest absolute Gasteiger partial charge is 0.473 e. The van der Waals surface area contributed by atoms with Crippen LogP contribution in [0.2, 0.25) is 5.02 Å². The van der Waals surface area contributed by atoms with E-state index >= 15 is 0 Å². The average molecular weight is 252 g/mol. The van der Waals surface area contributed by atoms with Crippen molar-refractivity contribution in [1.82, 2.24) is 4.68 Å². The molecule has 2 rings (SSSR count). The third kappa shape index (κ3) is 2.03. The van der Waals surface area contributed by atoms with E-state index in [4.69, 9.17) is 16.7 Å². The van der Waals surface area contributed by atoms with Gasteiger partial charge in [0.05, 0.1) is 5.69 Å². The molecule has 0 amide bonds. The summed E-state index contributed by atoms with van der Waals surface area (Å²) in [6, 6.07) is 8.88. The van der Waals surface area contributed by atoms with Crippen LogP contribution in [0.15, 0.2) is 30.3 Å². The first-order valence-electron chi connectivity index (χ1n) is 5.08. The summed E-state index contributed by atoms with van der Waals surface area (Å²) in [6.07, 6.45) is 0. The highest BCUT2D eigenvalue weighted by atomic mass is 35.5. The first-order valence-corrected chi connectivity index (χ1v) is 5.46. The zero-order valence-electron chi connectivity index (χ0n) is 9.51. The van der Waals surface area contributed by atoms with E-state index in [-0.39, 0.29) is 5.69 Å². The summed E-state index contributed by atoms with van der Waals surface area (Å²) in [4.78, 5) is 11.0. The smallest absolute Gasteiger partial charge is 0.403 e. The monoisotopic (exact) mass is 251 g/mol. The molecule has 1 N–H and O–H groups in total. The van der Waals surface area contributed by atoms with Crippen LogP contribution in [0.5, 0.6) is 0 Å². The van der Waals surface area contributed by atoms with Crippen molar-refractivity contribution >= 4 is 17.6 Å². The van der Waals surface area contributed by atoms with Crippen molar-refractivity contribution in [1.29, 1.82) is 0 Å². The molecule has 0 saturated heterocycles. The number of hydrogen-bond donors (Lipinski definition) is 1. The minimum Gasteiger partial charge on any atom is -0.473 e. The summed E-state index contributed by atoms with van der Waals surface area (Å²) in [5.41, 5.74) is 1.98. The maximum atomic E-state index is 11.0. The van der Waals surface area contributed by atoms with Gasteiger partial charge >= 0.3 is 11.7 Å². The van der Waals surface area contributed by atoms with Gasteiger partial charge in [0.15, 0.2) is 7.05 Å². The Morgan fingerprint density at radius 3 is 2.41 bits per heavy atom. The molecule has 0 bridgehead atoms. The predicted molar refractivity (Wildman–Crippen MR) is 63.7 cm³/mol. The van der Waals surface area contributed by atoms with Crippen LogP contribution in [0.4, 0.5) is 0 Å². The second-order valence-corrected chi connectivity index (χ2v) is 4.22. The van der Waals surface area contributed by atoms with Crippen molar-refractivity contribution in [2.75, 3.05) is 0 Å². The average Bonchev–Trinajstić information content (AvgIpc) is 2.56. The number of halogens is 1. The highest BCUT2D eigenvalue weighted by Gasteiger charge is 2.23. The van der Waals surface area contributed by atoms with Crippen molar-refractivity contribution in [3.05, 3.63) is 46.7 Å². The molecule has 4 nitrogen and oxygen atoms in total. The number of carboxylic acid groups (broad SMARTS) is 1. The zero-order valence-corrected chi connectivity index (χ0v) is 10.3. The number of hydrogen-bond acceptors (Lipinski definition) is 1. The van der Waals surface area contributed by atoms with E-state index in [1.54, 1.807) is 29.9 Å². The molecule has 1 heterocycles. The van der Waals surface area contributed by atoms with Gasteiger partial charge in [-0.05, 0) is 31.2 Å². The Hall–Kier alpha value is -1.81. The zero-order chi connectivity index (χ0) is 12.6. The van der Waals surface area contributed by atoms with Crippen LogP contribution in [0.25, 0.3) is 5.69 Å². The SMILES string of the molecule is Cc1cc(C(=O)O)[n+](C)n1-c1ccc(Cl)cc1. The molecule has 1 aromatic heterocycles. The Labute approximate surface area is 104 Å². The molecule has 0 radical (unpaired) electrons. The molecule has 5 heteroatoms. The lowest BCUT2D eigenvalue weighted by Crippen LogP contribution is -2.43. The standard InChI is InChI=1S/C12H11ClN2O2/c1-8-7-11(12(16)17)14(2)15(8)10-5-3-9(13)4-6-10/h3-7H,1-2H3/p+1. The van der Waals surface area contributed by atoms with Crippen LogP contribution < -0.4 is 4.68 Å². The Balaban J connectivity index is 2.59. The highest BCUT2D eigenvalue weighted by Crippen LogP contribution is 2.14. The number of carboxylic acids is 1. The van der Waals surface area contributed by atoms with Crippen molar-refractivity contribution in [3.63, 3.8) is 0 Å². The van der Waals surface area contributed by atoms with Gasteiger partial charge < -0.3 is 5.11 Å². The predicted octanol–water partition coefficient (Wildman–Crippen LogP) is 1.96. The molecule has 0 saturated carbocycles. The molecule has 0 aliphatic rings. The summed E-state index contributed by atoms with van der Waals surface area (Å²) in [6.45, 7) is 1.86. The van der Waals surface area contributed by atoms with E-state index in [1.165, 1.54) is 0 Å². The van der Waals surface area contributed by atoms with Gasteiger partial charge in [-0.2, -0.15) is 0 Å². The molecule has 1 aromatic carbocycles. The number of benzene rings is 1. The van der Waals surface area contributed by atoms with Gasteiger partial charge in [-0.15, -0.1) is 4.68 Å². The van der Waals surface area contributed by atoms with Gasteiger partial charge in [-0.3, -0.25) is 0 Å². The maximum absolute atomic E-state index is 11.0. The van der Waals surface area contributed by atoms with Crippen LogP contribution in [0, 0.1) is 6.92 Å². The van der Waals surface area contributed by atoms with Crippen LogP contribution in [-0.2, 0) is 7.05 Å². The minimum atomic E-state index is -0.941. The van der Waals surface area contributed by atoms with Crippen LogP contribution in [-0.4, -0.2) is 15.8 Å². The molecule has 0 atom stereocenters. The van der Waals surface area contributed by atoms with Gasteiger partial charge in [0.25, 0.3) is 0 Å². The summed E-state index contributed by atoms with van der Waals surface area (Å²) >= 11 is 5.82. The van der Waals surface area contributed by atoms with E-state index in [0.717, 1.165) is 11.4 Å². The molecule has 17 heavy (non-hydrogen) atoms. The van der Waals surface area contributed by atoms with E-state index < -0.39 is 5.97 Å². The summed E-state index contributed by atoms with van der Waals surface area (Å²) in [5.74, 6) is -0.941. The number of nitrogens with zero attached hydrogens (tertiary/aromatic N) is 2. The first-order chi connectivity index (χ1) is 8.00. The normalized spacial score (nSPS) is 10.5. The number of aromatic carboxylic acids is 1. The Bertz CT molecular complexity index is 573. The molecule has 0 spiro atoms. The quantitative estimate of drug-likeness (QED) is 0.830. The Morgan fingerprint density at radius 1 is 1.35 bits per heavy atom. The highest BCUT2D eigenvalue weighted by molar-refractivity contribution is 6.30. The summed E-state index contributed by atoms with van der Waals surface area (Å²) < 4.78 is 3.42.